The van der Waals surface area contributed by atoms with E-state index in [2.05, 4.69) is 6.07 Å². The number of carbonyl (C=O) groups is 1. The van der Waals surface area contributed by atoms with Gasteiger partial charge in [-0.1, -0.05) is 59.8 Å². The Morgan fingerprint density at radius 3 is 2.53 bits per heavy atom. The molecule has 0 saturated carbocycles. The van der Waals surface area contributed by atoms with Gasteiger partial charge in [0.1, 0.15) is 0 Å². The van der Waals surface area contributed by atoms with Crippen molar-refractivity contribution in [3.63, 3.8) is 0 Å². The molecule has 34 heavy (non-hydrogen) atoms. The molecule has 0 bridgehead atoms. The highest BCUT2D eigenvalue weighted by Gasteiger charge is 2.19. The number of thioether (sulfide) groups is 1. The number of carbonyl (C=O) groups excluding carboxylic acids is 1. The van der Waals surface area contributed by atoms with Gasteiger partial charge in [0.15, 0.2) is 5.16 Å². The maximum atomic E-state index is 13.5. The minimum absolute atomic E-state index is 0.0794. The number of benzene rings is 3. The summed E-state index contributed by atoms with van der Waals surface area (Å²) in [5, 5.41) is 10.0. The van der Waals surface area contributed by atoms with E-state index in [1.54, 1.807) is 21.6 Å². The summed E-state index contributed by atoms with van der Waals surface area (Å²) < 4.78 is 1.59. The predicted octanol–water partition coefficient (Wildman–Crippen LogP) is 5.04. The zero-order chi connectivity index (χ0) is 24.1. The number of anilines is 1. The normalized spacial score (nSPS) is 10.7. The third kappa shape index (κ3) is 4.87. The highest BCUT2D eigenvalue weighted by Crippen LogP contribution is 2.25. The van der Waals surface area contributed by atoms with Crippen molar-refractivity contribution in [2.75, 3.05) is 17.2 Å². The molecule has 0 radical (unpaired) electrons. The molecule has 6 nitrogen and oxygen atoms in total. The highest BCUT2D eigenvalue weighted by molar-refractivity contribution is 7.99. The van der Waals surface area contributed by atoms with E-state index in [1.807, 2.05) is 74.5 Å². The van der Waals surface area contributed by atoms with Crippen molar-refractivity contribution >= 4 is 34.3 Å². The Bertz CT molecular complexity index is 1440. The first-order valence-electron chi connectivity index (χ1n) is 10.9. The van der Waals surface area contributed by atoms with Gasteiger partial charge in [0.25, 0.3) is 5.56 Å². The van der Waals surface area contributed by atoms with Crippen molar-refractivity contribution in [1.29, 1.82) is 5.26 Å². The summed E-state index contributed by atoms with van der Waals surface area (Å²) in [6, 6.07) is 24.5. The van der Waals surface area contributed by atoms with Crippen LogP contribution in [0.3, 0.4) is 0 Å². The zero-order valence-corrected chi connectivity index (χ0v) is 19.9. The number of nitriles is 1. The first-order valence-corrected chi connectivity index (χ1v) is 11.9. The monoisotopic (exact) mass is 468 g/mol. The lowest BCUT2D eigenvalue weighted by molar-refractivity contribution is -0.116. The number of nitrogens with zero attached hydrogens (tertiary/aromatic N) is 4. The summed E-state index contributed by atoms with van der Waals surface area (Å²) in [4.78, 5) is 33.1. The minimum atomic E-state index is -0.170. The van der Waals surface area contributed by atoms with Gasteiger partial charge in [-0.05, 0) is 49.7 Å². The van der Waals surface area contributed by atoms with Crippen LogP contribution in [-0.2, 0) is 4.79 Å². The van der Waals surface area contributed by atoms with Gasteiger partial charge >= 0.3 is 0 Å². The molecule has 1 heterocycles. The Morgan fingerprint density at radius 1 is 1.06 bits per heavy atom. The van der Waals surface area contributed by atoms with Gasteiger partial charge < -0.3 is 4.90 Å². The van der Waals surface area contributed by atoms with Crippen molar-refractivity contribution in [3.05, 3.63) is 94.3 Å². The highest BCUT2D eigenvalue weighted by atomic mass is 32.2. The summed E-state index contributed by atoms with van der Waals surface area (Å²) in [5.41, 5.74) is 3.95. The summed E-state index contributed by atoms with van der Waals surface area (Å²) in [5.74, 6) is -0.0724. The Hall–Kier alpha value is -3.89. The molecule has 0 atom stereocenters. The van der Waals surface area contributed by atoms with E-state index in [1.165, 1.54) is 11.8 Å². The van der Waals surface area contributed by atoms with Crippen LogP contribution < -0.4 is 10.5 Å². The average molecular weight is 469 g/mol. The third-order valence-electron chi connectivity index (χ3n) is 5.48. The first-order chi connectivity index (χ1) is 16.5. The molecular weight excluding hydrogens is 444 g/mol. The van der Waals surface area contributed by atoms with Gasteiger partial charge in [-0.15, -0.1) is 0 Å². The number of rotatable bonds is 7. The molecule has 1 amide bonds. The van der Waals surface area contributed by atoms with Crippen molar-refractivity contribution in [1.82, 2.24) is 9.55 Å². The standard InChI is InChI=1S/C27H24N4O2S/c1-19-13-14-24(20(2)17-19)31-26(33)22-11-6-7-12-23(22)29-27(31)34-18-25(32)30(16-8-15-28)21-9-4-3-5-10-21/h3-7,9-14,17H,8,16,18H2,1-2H3. The van der Waals surface area contributed by atoms with E-state index < -0.39 is 0 Å². The van der Waals surface area contributed by atoms with Crippen molar-refractivity contribution in [2.45, 2.75) is 25.4 Å². The number of hydrogen-bond donors (Lipinski definition) is 0. The third-order valence-corrected chi connectivity index (χ3v) is 6.40. The minimum Gasteiger partial charge on any atom is -0.311 e. The Kier molecular flexibility index (Phi) is 7.09. The smallest absolute Gasteiger partial charge is 0.266 e. The van der Waals surface area contributed by atoms with Crippen molar-refractivity contribution in [2.24, 2.45) is 0 Å². The quantitative estimate of drug-likeness (QED) is 0.280. The van der Waals surface area contributed by atoms with E-state index in [-0.39, 0.29) is 23.6 Å². The molecule has 0 N–H and O–H groups in total. The fourth-order valence-electron chi connectivity index (χ4n) is 3.85. The maximum absolute atomic E-state index is 13.5. The molecule has 7 heteroatoms. The number of para-hydroxylation sites is 2. The van der Waals surface area contributed by atoms with Crippen LogP contribution in [0, 0.1) is 25.2 Å². The molecule has 0 spiro atoms. The average Bonchev–Trinajstić information content (AvgIpc) is 2.84. The molecule has 0 fully saturated rings. The van der Waals surface area contributed by atoms with Gasteiger partial charge in [0, 0.05) is 12.2 Å². The molecule has 4 rings (SSSR count). The van der Waals surface area contributed by atoms with E-state index >= 15 is 0 Å². The summed E-state index contributed by atoms with van der Waals surface area (Å²) in [6.07, 6.45) is 0.229. The van der Waals surface area contributed by atoms with Gasteiger partial charge in [-0.3, -0.25) is 14.2 Å². The van der Waals surface area contributed by atoms with Crippen LogP contribution in [0.2, 0.25) is 0 Å². The largest absolute Gasteiger partial charge is 0.311 e. The van der Waals surface area contributed by atoms with Crippen molar-refractivity contribution < 1.29 is 4.79 Å². The van der Waals surface area contributed by atoms with Gasteiger partial charge in [-0.2, -0.15) is 5.26 Å². The summed E-state index contributed by atoms with van der Waals surface area (Å²) in [6.45, 7) is 4.27. The predicted molar refractivity (Wildman–Crippen MR) is 137 cm³/mol. The SMILES string of the molecule is Cc1ccc(-n2c(SCC(=O)N(CCC#N)c3ccccc3)nc3ccccc3c2=O)c(C)c1. The van der Waals surface area contributed by atoms with Crippen LogP contribution in [0.15, 0.2) is 82.7 Å². The van der Waals surface area contributed by atoms with Crippen LogP contribution in [-0.4, -0.2) is 27.8 Å². The lowest BCUT2D eigenvalue weighted by Gasteiger charge is -2.22. The lowest BCUT2D eigenvalue weighted by Crippen LogP contribution is -2.33. The molecule has 3 aromatic carbocycles. The molecular formula is C27H24N4O2S. The fourth-order valence-corrected chi connectivity index (χ4v) is 4.73. The van der Waals surface area contributed by atoms with Crippen LogP contribution >= 0.6 is 11.8 Å². The molecule has 4 aromatic rings. The Balaban J connectivity index is 1.73. The van der Waals surface area contributed by atoms with Crippen LogP contribution in [0.4, 0.5) is 5.69 Å². The van der Waals surface area contributed by atoms with E-state index in [4.69, 9.17) is 10.2 Å². The molecule has 0 unspecified atom stereocenters. The second-order valence-electron chi connectivity index (χ2n) is 7.92. The molecule has 0 aliphatic carbocycles. The fraction of sp³-hybridized carbons (Fsp3) is 0.185. The Labute approximate surface area is 202 Å². The number of aryl methyl sites for hydroxylation is 2. The molecule has 170 valence electrons. The Morgan fingerprint density at radius 2 is 1.79 bits per heavy atom. The number of amides is 1. The van der Waals surface area contributed by atoms with Gasteiger partial charge in [-0.25, -0.2) is 4.98 Å². The first kappa shape index (κ1) is 23.3. The van der Waals surface area contributed by atoms with E-state index in [0.29, 0.717) is 22.6 Å². The summed E-state index contributed by atoms with van der Waals surface area (Å²) >= 11 is 1.23. The number of aromatic nitrogens is 2. The number of fused-ring (bicyclic) bond motifs is 1. The zero-order valence-electron chi connectivity index (χ0n) is 19.1. The van der Waals surface area contributed by atoms with Crippen LogP contribution in [0.5, 0.6) is 0 Å². The van der Waals surface area contributed by atoms with Gasteiger partial charge in [0.2, 0.25) is 5.91 Å². The summed E-state index contributed by atoms with van der Waals surface area (Å²) in [7, 11) is 0. The van der Waals surface area contributed by atoms with E-state index in [0.717, 1.165) is 22.5 Å². The van der Waals surface area contributed by atoms with Crippen LogP contribution in [0.25, 0.3) is 16.6 Å². The topological polar surface area (TPSA) is 79.0 Å². The second kappa shape index (κ2) is 10.4. The van der Waals surface area contributed by atoms with Gasteiger partial charge in [0.05, 0.1) is 34.8 Å². The maximum Gasteiger partial charge on any atom is 0.266 e. The van der Waals surface area contributed by atoms with Crippen LogP contribution in [0.1, 0.15) is 17.5 Å². The molecule has 0 saturated heterocycles. The molecule has 0 aliphatic heterocycles. The lowest BCUT2D eigenvalue weighted by atomic mass is 10.1. The van der Waals surface area contributed by atoms with Crippen molar-refractivity contribution in [3.8, 4) is 11.8 Å². The number of hydrogen-bond acceptors (Lipinski definition) is 5. The van der Waals surface area contributed by atoms with E-state index in [9.17, 15) is 9.59 Å². The molecule has 0 aliphatic rings. The second-order valence-corrected chi connectivity index (χ2v) is 8.86. The molecule has 1 aromatic heterocycles.